The van der Waals surface area contributed by atoms with E-state index in [1.54, 1.807) is 27.7 Å². The summed E-state index contributed by atoms with van der Waals surface area (Å²) in [5.41, 5.74) is -0.482. The lowest BCUT2D eigenvalue weighted by Gasteiger charge is -2.19. The molecule has 1 atom stereocenters. The zero-order valence-electron chi connectivity index (χ0n) is 15.7. The number of rotatable bonds is 8. The van der Waals surface area contributed by atoms with E-state index in [0.29, 0.717) is 18.9 Å². The van der Waals surface area contributed by atoms with Gasteiger partial charge in [0.2, 0.25) is 21.8 Å². The number of aryl methyl sites for hydroxylation is 1. The second-order valence-corrected chi connectivity index (χ2v) is 7.83. The highest BCUT2D eigenvalue weighted by atomic mass is 32.2. The molecule has 1 N–H and O–H groups in total. The highest BCUT2D eigenvalue weighted by Gasteiger charge is 2.23. The molecule has 2 rings (SSSR count). The van der Waals surface area contributed by atoms with Gasteiger partial charge in [-0.3, -0.25) is 9.59 Å². The fourth-order valence-corrected chi connectivity index (χ4v) is 3.97. The fraction of sp³-hybridized carbons (Fsp3) is 0.500. The Labute approximate surface area is 157 Å². The van der Waals surface area contributed by atoms with Gasteiger partial charge in [-0.2, -0.15) is 9.29 Å². The number of hydrogen-bond donors (Lipinski definition) is 1. The number of sulfonamides is 1. The average molecular weight is 397 g/mol. The molecule has 0 aliphatic rings. The zero-order valence-corrected chi connectivity index (χ0v) is 16.5. The molecule has 27 heavy (non-hydrogen) atoms. The van der Waals surface area contributed by atoms with Crippen molar-refractivity contribution in [3.05, 3.63) is 40.4 Å². The molecule has 0 fully saturated rings. The summed E-state index contributed by atoms with van der Waals surface area (Å²) in [6.45, 7) is 7.05. The van der Waals surface area contributed by atoms with Crippen LogP contribution >= 0.6 is 0 Å². The maximum atomic E-state index is 12.6. The number of pyridine rings is 1. The maximum absolute atomic E-state index is 12.6. The Morgan fingerprint density at radius 2 is 2.00 bits per heavy atom. The van der Waals surface area contributed by atoms with Crippen molar-refractivity contribution in [2.75, 3.05) is 13.1 Å². The lowest BCUT2D eigenvalue weighted by molar-refractivity contribution is -0.122. The highest BCUT2D eigenvalue weighted by molar-refractivity contribution is 7.89. The molecule has 2 aromatic heterocycles. The lowest BCUT2D eigenvalue weighted by atomic mass is 10.3. The molecule has 0 aliphatic heterocycles. The van der Waals surface area contributed by atoms with Gasteiger partial charge in [0.25, 0.3) is 5.56 Å². The van der Waals surface area contributed by atoms with E-state index in [-0.39, 0.29) is 17.3 Å². The molecule has 1 unspecified atom stereocenters. The zero-order chi connectivity index (χ0) is 20.2. The Morgan fingerprint density at radius 3 is 2.56 bits per heavy atom. The largest absolute Gasteiger partial charge is 0.343 e. The van der Waals surface area contributed by atoms with Crippen LogP contribution in [0.4, 0.5) is 0 Å². The number of nitrogens with zero attached hydrogens (tertiary/aromatic N) is 4. The van der Waals surface area contributed by atoms with Crippen molar-refractivity contribution in [2.45, 2.75) is 45.2 Å². The third-order valence-electron chi connectivity index (χ3n) is 3.90. The first-order chi connectivity index (χ1) is 12.7. The molecule has 0 aliphatic carbocycles. The van der Waals surface area contributed by atoms with Crippen LogP contribution in [-0.2, 0) is 21.4 Å². The molecule has 11 heteroatoms. The van der Waals surface area contributed by atoms with E-state index >= 15 is 0 Å². The van der Waals surface area contributed by atoms with Crippen LogP contribution in [0.3, 0.4) is 0 Å². The second kappa shape index (κ2) is 8.44. The van der Waals surface area contributed by atoms with E-state index in [1.807, 2.05) is 0 Å². The molecule has 0 spiro atoms. The normalized spacial score (nSPS) is 12.9. The van der Waals surface area contributed by atoms with Gasteiger partial charge < -0.3 is 14.4 Å². The van der Waals surface area contributed by atoms with Crippen LogP contribution in [0, 0.1) is 6.92 Å². The number of amides is 1. The molecule has 0 saturated heterocycles. The van der Waals surface area contributed by atoms with Crippen LogP contribution < -0.4 is 10.9 Å². The summed E-state index contributed by atoms with van der Waals surface area (Å²) in [4.78, 5) is 28.3. The highest BCUT2D eigenvalue weighted by Crippen LogP contribution is 2.14. The van der Waals surface area contributed by atoms with Gasteiger partial charge in [0.15, 0.2) is 5.82 Å². The second-order valence-electron chi connectivity index (χ2n) is 5.89. The summed E-state index contributed by atoms with van der Waals surface area (Å²) in [5, 5.41) is 6.28. The van der Waals surface area contributed by atoms with Gasteiger partial charge in [-0.15, -0.1) is 0 Å². The van der Waals surface area contributed by atoms with Crippen molar-refractivity contribution < 1.29 is 17.7 Å². The predicted octanol–water partition coefficient (Wildman–Crippen LogP) is 0.448. The Kier molecular flexibility index (Phi) is 6.50. The van der Waals surface area contributed by atoms with Gasteiger partial charge >= 0.3 is 0 Å². The Bertz CT molecular complexity index is 962. The molecular weight excluding hydrogens is 374 g/mol. The Balaban J connectivity index is 2.19. The van der Waals surface area contributed by atoms with Crippen LogP contribution in [0.5, 0.6) is 0 Å². The standard InChI is InChI=1S/C16H23N5O5S/c1-5-21(6-2)27(24,25)13-7-8-15(23)20(9-13)10-14(22)17-11(3)16-18-12(4)19-26-16/h7-9,11H,5-6,10H2,1-4H3,(H,17,22). The third kappa shape index (κ3) is 4.80. The first-order valence-corrected chi connectivity index (χ1v) is 9.93. The van der Waals surface area contributed by atoms with Crippen molar-refractivity contribution in [1.29, 1.82) is 0 Å². The summed E-state index contributed by atoms with van der Waals surface area (Å²) in [6, 6.07) is 1.83. The monoisotopic (exact) mass is 397 g/mol. The lowest BCUT2D eigenvalue weighted by Crippen LogP contribution is -2.35. The Hall–Kier alpha value is -2.53. The summed E-state index contributed by atoms with van der Waals surface area (Å²) >= 11 is 0. The summed E-state index contributed by atoms with van der Waals surface area (Å²) in [7, 11) is -3.73. The minimum atomic E-state index is -3.73. The molecule has 2 heterocycles. The minimum absolute atomic E-state index is 0.0424. The van der Waals surface area contributed by atoms with Gasteiger partial charge in [-0.1, -0.05) is 19.0 Å². The molecule has 0 radical (unpaired) electrons. The molecule has 10 nitrogen and oxygen atoms in total. The van der Waals surface area contributed by atoms with E-state index < -0.39 is 27.5 Å². The quantitative estimate of drug-likeness (QED) is 0.685. The summed E-state index contributed by atoms with van der Waals surface area (Å²) < 4.78 is 32.5. The SMILES string of the molecule is CCN(CC)S(=O)(=O)c1ccc(=O)n(CC(=O)NC(C)c2nc(C)no2)c1. The number of hydrogen-bond acceptors (Lipinski definition) is 7. The Morgan fingerprint density at radius 1 is 1.33 bits per heavy atom. The topological polar surface area (TPSA) is 127 Å². The van der Waals surface area contributed by atoms with Crippen LogP contribution in [-0.4, -0.2) is 46.4 Å². The number of aromatic nitrogens is 3. The first kappa shape index (κ1) is 20.8. The van der Waals surface area contributed by atoms with Crippen molar-refractivity contribution in [1.82, 2.24) is 24.3 Å². The van der Waals surface area contributed by atoms with Crippen LogP contribution in [0.1, 0.15) is 38.5 Å². The first-order valence-electron chi connectivity index (χ1n) is 8.49. The van der Waals surface area contributed by atoms with E-state index in [4.69, 9.17) is 4.52 Å². The summed E-state index contributed by atoms with van der Waals surface area (Å²) in [5.74, 6) is 0.195. The van der Waals surface area contributed by atoms with Crippen molar-refractivity contribution >= 4 is 15.9 Å². The summed E-state index contributed by atoms with van der Waals surface area (Å²) in [6.07, 6.45) is 1.18. The maximum Gasteiger partial charge on any atom is 0.251 e. The third-order valence-corrected chi connectivity index (χ3v) is 5.94. The van der Waals surface area contributed by atoms with E-state index in [0.717, 1.165) is 10.6 Å². The van der Waals surface area contributed by atoms with E-state index in [9.17, 15) is 18.0 Å². The van der Waals surface area contributed by atoms with Gasteiger partial charge in [-0.25, -0.2) is 8.42 Å². The molecule has 1 amide bonds. The molecule has 0 bridgehead atoms. The fourth-order valence-electron chi connectivity index (χ4n) is 2.49. The molecule has 0 aromatic carbocycles. The van der Waals surface area contributed by atoms with Gasteiger partial charge in [0.1, 0.15) is 12.6 Å². The van der Waals surface area contributed by atoms with E-state index in [2.05, 4.69) is 15.5 Å². The van der Waals surface area contributed by atoms with E-state index in [1.165, 1.54) is 16.6 Å². The number of carbonyl (C=O) groups excluding carboxylic acids is 1. The van der Waals surface area contributed by atoms with Crippen molar-refractivity contribution in [3.8, 4) is 0 Å². The van der Waals surface area contributed by atoms with Gasteiger partial charge in [0, 0.05) is 25.4 Å². The molecule has 148 valence electrons. The average Bonchev–Trinajstić information content (AvgIpc) is 3.04. The molecular formula is C16H23N5O5S. The van der Waals surface area contributed by atoms with Crippen LogP contribution in [0.2, 0.25) is 0 Å². The smallest absolute Gasteiger partial charge is 0.251 e. The number of carbonyl (C=O) groups is 1. The van der Waals surface area contributed by atoms with Crippen LogP contribution in [0.15, 0.2) is 32.5 Å². The molecule has 2 aromatic rings. The van der Waals surface area contributed by atoms with Crippen molar-refractivity contribution in [2.24, 2.45) is 0 Å². The molecule has 0 saturated carbocycles. The van der Waals surface area contributed by atoms with Gasteiger partial charge in [-0.05, 0) is 19.9 Å². The van der Waals surface area contributed by atoms with Crippen LogP contribution in [0.25, 0.3) is 0 Å². The predicted molar refractivity (Wildman–Crippen MR) is 96.4 cm³/mol. The van der Waals surface area contributed by atoms with Crippen molar-refractivity contribution in [3.63, 3.8) is 0 Å². The minimum Gasteiger partial charge on any atom is -0.343 e. The van der Waals surface area contributed by atoms with Gasteiger partial charge in [0.05, 0.1) is 4.90 Å². The number of nitrogens with one attached hydrogen (secondary N) is 1.